The van der Waals surface area contributed by atoms with Crippen molar-refractivity contribution in [1.82, 2.24) is 0 Å². The molecule has 0 saturated heterocycles. The molecule has 0 radical (unpaired) electrons. The SMILES string of the molecule is CCCCCCCCCCCCOS(=O)(=O)OS(C)(Cc1ccccc1)c1ccc(O)cc1. The molecule has 0 bridgehead atoms. The summed E-state index contributed by atoms with van der Waals surface area (Å²) in [5.41, 5.74) is 0.980. The van der Waals surface area contributed by atoms with Crippen molar-refractivity contribution in [3.8, 4) is 5.75 Å². The molecule has 2 aromatic rings. The molecule has 0 aromatic heterocycles. The Bertz CT molecular complexity index is 885. The van der Waals surface area contributed by atoms with E-state index in [1.807, 2.05) is 36.6 Å². The summed E-state index contributed by atoms with van der Waals surface area (Å²) < 4.78 is 36.2. The van der Waals surface area contributed by atoms with Crippen LogP contribution in [0, 0.1) is 0 Å². The summed E-state index contributed by atoms with van der Waals surface area (Å²) >= 11 is 0. The summed E-state index contributed by atoms with van der Waals surface area (Å²) in [6, 6.07) is 16.2. The lowest BCUT2D eigenvalue weighted by Crippen LogP contribution is -2.16. The number of phenolic OH excluding ortho intramolecular Hbond substituents is 1. The minimum absolute atomic E-state index is 0.125. The van der Waals surface area contributed by atoms with Gasteiger partial charge in [0.1, 0.15) is 5.75 Å². The molecule has 0 spiro atoms. The molecular formula is C26H40O5S2. The smallest absolute Gasteiger partial charge is 0.409 e. The van der Waals surface area contributed by atoms with Gasteiger partial charge in [-0.2, -0.15) is 12.0 Å². The Morgan fingerprint density at radius 1 is 0.758 bits per heavy atom. The van der Waals surface area contributed by atoms with Crippen LogP contribution in [-0.4, -0.2) is 26.4 Å². The zero-order valence-corrected chi connectivity index (χ0v) is 21.7. The molecule has 0 aliphatic rings. The van der Waals surface area contributed by atoms with Gasteiger partial charge in [-0.25, -0.2) is 4.18 Å². The van der Waals surface area contributed by atoms with Gasteiger partial charge < -0.3 is 5.11 Å². The van der Waals surface area contributed by atoms with E-state index >= 15 is 0 Å². The highest BCUT2D eigenvalue weighted by Gasteiger charge is 2.30. The van der Waals surface area contributed by atoms with E-state index < -0.39 is 20.7 Å². The van der Waals surface area contributed by atoms with Crippen molar-refractivity contribution in [3.63, 3.8) is 0 Å². The number of unbranched alkanes of at least 4 members (excludes halogenated alkanes) is 9. The van der Waals surface area contributed by atoms with Crippen LogP contribution in [0.25, 0.3) is 0 Å². The minimum Gasteiger partial charge on any atom is -0.508 e. The number of benzene rings is 2. The Balaban J connectivity index is 1.83. The third kappa shape index (κ3) is 11.0. The van der Waals surface area contributed by atoms with Gasteiger partial charge in [0.25, 0.3) is 0 Å². The summed E-state index contributed by atoms with van der Waals surface area (Å²) in [4.78, 5) is 0.732. The van der Waals surface area contributed by atoms with E-state index in [2.05, 4.69) is 6.92 Å². The lowest BCUT2D eigenvalue weighted by Gasteiger charge is -2.34. The largest absolute Gasteiger partial charge is 0.508 e. The molecule has 0 aliphatic heterocycles. The normalized spacial score (nSPS) is 14.6. The van der Waals surface area contributed by atoms with Crippen molar-refractivity contribution in [2.45, 2.75) is 81.8 Å². The van der Waals surface area contributed by atoms with Crippen molar-refractivity contribution in [2.24, 2.45) is 0 Å². The zero-order valence-electron chi connectivity index (χ0n) is 20.1. The van der Waals surface area contributed by atoms with Gasteiger partial charge in [-0.3, -0.25) is 0 Å². The van der Waals surface area contributed by atoms with Crippen LogP contribution >= 0.6 is 10.3 Å². The van der Waals surface area contributed by atoms with Gasteiger partial charge in [0.2, 0.25) is 0 Å². The van der Waals surface area contributed by atoms with Crippen LogP contribution in [-0.2, 0) is 24.0 Å². The Morgan fingerprint density at radius 3 is 1.88 bits per heavy atom. The predicted octanol–water partition coefficient (Wildman–Crippen LogP) is 7.50. The first-order chi connectivity index (χ1) is 15.8. The molecule has 0 aliphatic carbocycles. The summed E-state index contributed by atoms with van der Waals surface area (Å²) in [6.07, 6.45) is 13.5. The second-order valence-electron chi connectivity index (χ2n) is 8.61. The fourth-order valence-corrected chi connectivity index (χ4v) is 7.89. The Kier molecular flexibility index (Phi) is 12.3. The molecule has 0 fully saturated rings. The van der Waals surface area contributed by atoms with Gasteiger partial charge >= 0.3 is 10.4 Å². The molecular weight excluding hydrogens is 456 g/mol. The van der Waals surface area contributed by atoms with Crippen LogP contribution < -0.4 is 0 Å². The summed E-state index contributed by atoms with van der Waals surface area (Å²) in [5, 5.41) is 9.64. The lowest BCUT2D eigenvalue weighted by molar-refractivity contribution is 0.271. The molecule has 0 amide bonds. The van der Waals surface area contributed by atoms with Gasteiger partial charge in [0.15, 0.2) is 0 Å². The average Bonchev–Trinajstić information content (AvgIpc) is 2.78. The van der Waals surface area contributed by atoms with Crippen molar-refractivity contribution in [3.05, 3.63) is 60.2 Å². The van der Waals surface area contributed by atoms with Crippen molar-refractivity contribution < 1.29 is 21.3 Å². The Labute approximate surface area is 202 Å². The van der Waals surface area contributed by atoms with Gasteiger partial charge in [0, 0.05) is 10.6 Å². The van der Waals surface area contributed by atoms with Gasteiger partial charge in [0.05, 0.1) is 6.61 Å². The molecule has 1 N–H and O–H groups in total. The summed E-state index contributed by atoms with van der Waals surface area (Å²) in [5.74, 6) is 0.555. The topological polar surface area (TPSA) is 72.8 Å². The molecule has 1 unspecified atom stereocenters. The van der Waals surface area contributed by atoms with Crippen molar-refractivity contribution >= 4 is 20.7 Å². The van der Waals surface area contributed by atoms with Crippen LogP contribution in [0.15, 0.2) is 59.5 Å². The van der Waals surface area contributed by atoms with Crippen LogP contribution in [0.5, 0.6) is 5.75 Å². The predicted molar refractivity (Wildman–Crippen MR) is 138 cm³/mol. The maximum Gasteiger partial charge on any atom is 0.409 e. The second-order valence-corrected chi connectivity index (χ2v) is 13.0. The van der Waals surface area contributed by atoms with Gasteiger partial charge in [-0.05, 0) is 42.5 Å². The van der Waals surface area contributed by atoms with Gasteiger partial charge in [-0.1, -0.05) is 105 Å². The standard InChI is InChI=1S/C26H40O5S2/c1-3-4-5-6-7-8-9-10-11-15-22-30-33(28,29)31-32(2,23-24-16-13-12-14-17-24)26-20-18-25(27)19-21-26/h12-14,16-21,27H,3-11,15,22-23H2,1-2H3. The van der Waals surface area contributed by atoms with E-state index in [9.17, 15) is 13.5 Å². The van der Waals surface area contributed by atoms with Crippen LogP contribution in [0.1, 0.15) is 76.7 Å². The monoisotopic (exact) mass is 496 g/mol. The quantitative estimate of drug-likeness (QED) is 0.230. The maximum absolute atomic E-state index is 12.7. The first-order valence-electron chi connectivity index (χ1n) is 12.0. The zero-order chi connectivity index (χ0) is 24.0. The number of rotatable bonds is 17. The first kappa shape index (κ1) is 27.7. The van der Waals surface area contributed by atoms with Gasteiger partial charge in [-0.15, -0.1) is 0 Å². The molecule has 5 nitrogen and oxygen atoms in total. The highest BCUT2D eigenvalue weighted by molar-refractivity contribution is 8.31. The van der Waals surface area contributed by atoms with E-state index in [4.69, 9.17) is 7.81 Å². The van der Waals surface area contributed by atoms with E-state index in [0.29, 0.717) is 12.2 Å². The summed E-state index contributed by atoms with van der Waals surface area (Å²) in [6.45, 7) is 2.36. The number of phenols is 1. The van der Waals surface area contributed by atoms with Crippen molar-refractivity contribution in [2.75, 3.05) is 12.9 Å². The second kappa shape index (κ2) is 14.7. The highest BCUT2D eigenvalue weighted by atomic mass is 32.3. The minimum atomic E-state index is -4.15. The van der Waals surface area contributed by atoms with Crippen molar-refractivity contribution in [1.29, 1.82) is 0 Å². The Morgan fingerprint density at radius 2 is 1.30 bits per heavy atom. The maximum atomic E-state index is 12.7. The van der Waals surface area contributed by atoms with Crippen LogP contribution in [0.3, 0.4) is 0 Å². The fraction of sp³-hybridized carbons (Fsp3) is 0.538. The van der Waals surface area contributed by atoms with E-state index in [1.165, 1.54) is 44.9 Å². The lowest BCUT2D eigenvalue weighted by atomic mass is 10.1. The summed E-state index contributed by atoms with van der Waals surface area (Å²) in [7, 11) is -6.39. The van der Waals surface area contributed by atoms with E-state index in [0.717, 1.165) is 23.3 Å². The third-order valence-corrected chi connectivity index (χ3v) is 10.1. The molecule has 186 valence electrons. The molecule has 1 atom stereocenters. The molecule has 33 heavy (non-hydrogen) atoms. The molecule has 2 aromatic carbocycles. The fourth-order valence-electron chi connectivity index (χ4n) is 3.73. The molecule has 7 heteroatoms. The van der Waals surface area contributed by atoms with E-state index in [1.54, 1.807) is 24.3 Å². The van der Waals surface area contributed by atoms with Crippen LogP contribution in [0.4, 0.5) is 0 Å². The first-order valence-corrected chi connectivity index (χ1v) is 15.5. The third-order valence-electron chi connectivity index (χ3n) is 5.58. The van der Waals surface area contributed by atoms with E-state index in [-0.39, 0.29) is 12.4 Å². The number of aromatic hydroxyl groups is 1. The Hall–Kier alpha value is -1.54. The highest BCUT2D eigenvalue weighted by Crippen LogP contribution is 2.57. The molecule has 2 rings (SSSR count). The number of hydrogen-bond donors (Lipinski definition) is 1. The van der Waals surface area contributed by atoms with Crippen LogP contribution in [0.2, 0.25) is 0 Å². The molecule has 0 heterocycles. The number of hydrogen-bond acceptors (Lipinski definition) is 5. The molecule has 0 saturated carbocycles. The average molecular weight is 497 g/mol.